The van der Waals surface area contributed by atoms with E-state index in [1.54, 1.807) is 7.11 Å². The summed E-state index contributed by atoms with van der Waals surface area (Å²) in [5, 5.41) is 0. The van der Waals surface area contributed by atoms with E-state index in [0.29, 0.717) is 0 Å². The molecule has 2 nitrogen and oxygen atoms in total. The number of hydrogen-bond donors (Lipinski definition) is 0. The van der Waals surface area contributed by atoms with Gasteiger partial charge in [0.05, 0.1) is 12.6 Å². The summed E-state index contributed by atoms with van der Waals surface area (Å²) >= 11 is 0. The molecule has 0 atom stereocenters. The van der Waals surface area contributed by atoms with Crippen LogP contribution in [0.25, 0.3) is 0 Å². The Morgan fingerprint density at radius 3 is 2.36 bits per heavy atom. The smallest absolute Gasteiger partial charge is 0.119 e. The normalized spacial score (nSPS) is 11.5. The van der Waals surface area contributed by atoms with Crippen LogP contribution in [-0.4, -0.2) is 18.4 Å². The van der Waals surface area contributed by atoms with Crippen molar-refractivity contribution >= 4 is 5.71 Å². The zero-order valence-corrected chi connectivity index (χ0v) is 13.6. The van der Waals surface area contributed by atoms with E-state index in [1.165, 1.54) is 0 Å². The standard InChI is InChI=1S/C20H21NO/c1-20(2,3)21-19(14-13-16-9-6-5-7-10-16)17-11-8-12-18(15-17)22-4/h5-12,15H,1-4H3. The summed E-state index contributed by atoms with van der Waals surface area (Å²) < 4.78 is 5.29. The first-order valence-electron chi connectivity index (χ1n) is 7.29. The Morgan fingerprint density at radius 2 is 1.73 bits per heavy atom. The maximum Gasteiger partial charge on any atom is 0.119 e. The number of hydrogen-bond acceptors (Lipinski definition) is 2. The van der Waals surface area contributed by atoms with E-state index in [-0.39, 0.29) is 5.54 Å². The SMILES string of the molecule is COc1cccc(C(C#Cc2ccccc2)=NC(C)(C)C)c1. The van der Waals surface area contributed by atoms with Gasteiger partial charge in [-0.25, -0.2) is 0 Å². The zero-order valence-electron chi connectivity index (χ0n) is 13.6. The minimum absolute atomic E-state index is 0.191. The first kappa shape index (κ1) is 15.9. The Bertz CT molecular complexity index is 713. The molecular formula is C20H21NO. The van der Waals surface area contributed by atoms with Gasteiger partial charge in [-0.1, -0.05) is 36.3 Å². The Hall–Kier alpha value is -2.53. The predicted octanol–water partition coefficient (Wildman–Crippen LogP) is 4.33. The van der Waals surface area contributed by atoms with Crippen molar-refractivity contribution in [2.45, 2.75) is 26.3 Å². The molecule has 0 aromatic heterocycles. The van der Waals surface area contributed by atoms with Crippen LogP contribution in [0.5, 0.6) is 5.75 Å². The highest BCUT2D eigenvalue weighted by molar-refractivity contribution is 6.13. The lowest BCUT2D eigenvalue weighted by Crippen LogP contribution is -2.14. The summed E-state index contributed by atoms with van der Waals surface area (Å²) in [6.45, 7) is 6.20. The van der Waals surface area contributed by atoms with E-state index in [1.807, 2.05) is 54.6 Å². The maximum absolute atomic E-state index is 5.29. The van der Waals surface area contributed by atoms with Crippen LogP contribution >= 0.6 is 0 Å². The van der Waals surface area contributed by atoms with Crippen molar-refractivity contribution in [3.63, 3.8) is 0 Å². The van der Waals surface area contributed by atoms with E-state index in [0.717, 1.165) is 22.6 Å². The van der Waals surface area contributed by atoms with Crippen LogP contribution in [0, 0.1) is 11.8 Å². The second-order valence-electron chi connectivity index (χ2n) is 5.98. The van der Waals surface area contributed by atoms with Gasteiger partial charge in [-0.2, -0.15) is 0 Å². The van der Waals surface area contributed by atoms with Crippen molar-refractivity contribution in [3.8, 4) is 17.6 Å². The number of benzene rings is 2. The minimum Gasteiger partial charge on any atom is -0.497 e. The summed E-state index contributed by atoms with van der Waals surface area (Å²) in [5.41, 5.74) is 2.53. The van der Waals surface area contributed by atoms with Gasteiger partial charge in [0.2, 0.25) is 0 Å². The van der Waals surface area contributed by atoms with Crippen LogP contribution in [0.2, 0.25) is 0 Å². The molecule has 0 saturated carbocycles. The van der Waals surface area contributed by atoms with Crippen LogP contribution < -0.4 is 4.74 Å². The molecular weight excluding hydrogens is 270 g/mol. The summed E-state index contributed by atoms with van der Waals surface area (Å²) in [7, 11) is 1.66. The van der Waals surface area contributed by atoms with Crippen LogP contribution in [0.4, 0.5) is 0 Å². The molecule has 2 aromatic rings. The third-order valence-corrected chi connectivity index (χ3v) is 2.89. The van der Waals surface area contributed by atoms with E-state index in [2.05, 4.69) is 32.6 Å². The molecule has 2 heteroatoms. The lowest BCUT2D eigenvalue weighted by Gasteiger charge is -2.14. The van der Waals surface area contributed by atoms with Crippen LogP contribution in [0.15, 0.2) is 59.6 Å². The Balaban J connectivity index is 2.44. The van der Waals surface area contributed by atoms with Gasteiger partial charge in [-0.05, 0) is 51.0 Å². The molecule has 0 aliphatic heterocycles. The van der Waals surface area contributed by atoms with Crippen molar-refractivity contribution in [1.29, 1.82) is 0 Å². The van der Waals surface area contributed by atoms with Crippen molar-refractivity contribution in [2.24, 2.45) is 4.99 Å². The molecule has 0 spiro atoms. The minimum atomic E-state index is -0.191. The van der Waals surface area contributed by atoms with Crippen molar-refractivity contribution in [2.75, 3.05) is 7.11 Å². The van der Waals surface area contributed by atoms with E-state index < -0.39 is 0 Å². The van der Waals surface area contributed by atoms with Crippen LogP contribution in [0.1, 0.15) is 31.9 Å². The quantitative estimate of drug-likeness (QED) is 0.596. The average molecular weight is 291 g/mol. The molecule has 0 saturated heterocycles. The lowest BCUT2D eigenvalue weighted by molar-refractivity contribution is 0.414. The summed E-state index contributed by atoms with van der Waals surface area (Å²) in [6.07, 6.45) is 0. The molecule has 112 valence electrons. The first-order chi connectivity index (χ1) is 10.5. The topological polar surface area (TPSA) is 21.6 Å². The average Bonchev–Trinajstić information content (AvgIpc) is 2.51. The highest BCUT2D eigenvalue weighted by Crippen LogP contribution is 2.16. The monoisotopic (exact) mass is 291 g/mol. The largest absolute Gasteiger partial charge is 0.497 e. The van der Waals surface area contributed by atoms with Crippen LogP contribution in [-0.2, 0) is 0 Å². The fraction of sp³-hybridized carbons (Fsp3) is 0.250. The molecule has 0 bridgehead atoms. The molecule has 0 aliphatic rings. The summed E-state index contributed by atoms with van der Waals surface area (Å²) in [6, 6.07) is 17.8. The predicted molar refractivity (Wildman–Crippen MR) is 92.6 cm³/mol. The van der Waals surface area contributed by atoms with Gasteiger partial charge in [0, 0.05) is 11.1 Å². The number of rotatable bonds is 2. The van der Waals surface area contributed by atoms with Gasteiger partial charge >= 0.3 is 0 Å². The number of ether oxygens (including phenoxy) is 1. The molecule has 2 rings (SSSR count). The van der Waals surface area contributed by atoms with Gasteiger partial charge in [-0.15, -0.1) is 0 Å². The van der Waals surface area contributed by atoms with Gasteiger partial charge in [0.25, 0.3) is 0 Å². The summed E-state index contributed by atoms with van der Waals surface area (Å²) in [4.78, 5) is 4.76. The molecule has 0 fully saturated rings. The highest BCUT2D eigenvalue weighted by atomic mass is 16.5. The molecule has 0 radical (unpaired) electrons. The molecule has 0 unspecified atom stereocenters. The number of nitrogens with zero attached hydrogens (tertiary/aromatic N) is 1. The Kier molecular flexibility index (Phi) is 5.01. The Morgan fingerprint density at radius 1 is 1.00 bits per heavy atom. The van der Waals surface area contributed by atoms with Crippen molar-refractivity contribution < 1.29 is 4.74 Å². The zero-order chi connectivity index (χ0) is 16.0. The molecule has 0 heterocycles. The van der Waals surface area contributed by atoms with Gasteiger partial charge in [0.1, 0.15) is 11.5 Å². The van der Waals surface area contributed by atoms with Gasteiger partial charge in [0.15, 0.2) is 0 Å². The molecule has 0 N–H and O–H groups in total. The van der Waals surface area contributed by atoms with Gasteiger partial charge in [-0.3, -0.25) is 4.99 Å². The number of methoxy groups -OCH3 is 1. The Labute approximate surface area is 132 Å². The third-order valence-electron chi connectivity index (χ3n) is 2.89. The third kappa shape index (κ3) is 4.79. The summed E-state index contributed by atoms with van der Waals surface area (Å²) in [5.74, 6) is 7.19. The second-order valence-corrected chi connectivity index (χ2v) is 5.98. The lowest BCUT2D eigenvalue weighted by atomic mass is 10.1. The van der Waals surface area contributed by atoms with E-state index in [9.17, 15) is 0 Å². The highest BCUT2D eigenvalue weighted by Gasteiger charge is 2.11. The second kappa shape index (κ2) is 6.95. The molecule has 0 aliphatic carbocycles. The molecule has 22 heavy (non-hydrogen) atoms. The fourth-order valence-corrected chi connectivity index (χ4v) is 1.92. The van der Waals surface area contributed by atoms with Gasteiger partial charge < -0.3 is 4.74 Å². The van der Waals surface area contributed by atoms with Crippen molar-refractivity contribution in [3.05, 3.63) is 65.7 Å². The maximum atomic E-state index is 5.29. The molecule has 0 amide bonds. The number of aliphatic imine (C=N–C) groups is 1. The van der Waals surface area contributed by atoms with Crippen molar-refractivity contribution in [1.82, 2.24) is 0 Å². The fourth-order valence-electron chi connectivity index (χ4n) is 1.92. The van der Waals surface area contributed by atoms with Crippen LogP contribution in [0.3, 0.4) is 0 Å². The van der Waals surface area contributed by atoms with E-state index >= 15 is 0 Å². The van der Waals surface area contributed by atoms with E-state index in [4.69, 9.17) is 9.73 Å². The first-order valence-corrected chi connectivity index (χ1v) is 7.29. The molecule has 2 aromatic carbocycles.